The first-order valence-corrected chi connectivity index (χ1v) is 7.67. The van der Waals surface area contributed by atoms with Gasteiger partial charge in [0.2, 0.25) is 0 Å². The molecule has 0 aromatic heterocycles. The number of nitrogens with two attached hydrogens (primary N) is 1. The Morgan fingerprint density at radius 3 is 2.00 bits per heavy atom. The third-order valence-electron chi connectivity index (χ3n) is 3.80. The maximum absolute atomic E-state index is 6.01. The third-order valence-corrected chi connectivity index (χ3v) is 3.80. The van der Waals surface area contributed by atoms with Gasteiger partial charge in [-0.15, -0.1) is 0 Å². The zero-order valence-electron chi connectivity index (χ0n) is 13.2. The third kappa shape index (κ3) is 4.33. The Bertz CT molecular complexity index is 543. The van der Waals surface area contributed by atoms with Crippen molar-refractivity contribution < 1.29 is 4.74 Å². The summed E-state index contributed by atoms with van der Waals surface area (Å²) in [6, 6.07) is 16.8. The predicted octanol–water partition coefficient (Wildman–Crippen LogP) is 4.80. The molecule has 0 aliphatic heterocycles. The summed E-state index contributed by atoms with van der Waals surface area (Å²) in [5.74, 6) is 1.45. The summed E-state index contributed by atoms with van der Waals surface area (Å²) >= 11 is 0. The number of benzene rings is 2. The summed E-state index contributed by atoms with van der Waals surface area (Å²) in [4.78, 5) is 0. The Balaban J connectivity index is 1.93. The second kappa shape index (κ2) is 7.28. The summed E-state index contributed by atoms with van der Waals surface area (Å²) in [5.41, 5.74) is 9.71. The van der Waals surface area contributed by atoms with Crippen LogP contribution in [0.4, 0.5) is 0 Å². The zero-order chi connectivity index (χ0) is 15.2. The molecule has 0 saturated heterocycles. The molecule has 0 unspecified atom stereocenters. The highest BCUT2D eigenvalue weighted by Gasteiger charge is 2.03. The second-order valence-electron chi connectivity index (χ2n) is 5.77. The van der Waals surface area contributed by atoms with Crippen molar-refractivity contribution in [3.05, 3.63) is 65.2 Å². The van der Waals surface area contributed by atoms with Crippen LogP contribution in [0.1, 0.15) is 55.8 Å². The molecule has 0 saturated carbocycles. The van der Waals surface area contributed by atoms with Gasteiger partial charge in [-0.05, 0) is 41.2 Å². The van der Waals surface area contributed by atoms with Crippen molar-refractivity contribution in [3.63, 3.8) is 0 Å². The Hall–Kier alpha value is -1.80. The van der Waals surface area contributed by atoms with Gasteiger partial charge in [-0.2, -0.15) is 0 Å². The molecule has 0 heterocycles. The molecule has 2 aromatic rings. The Labute approximate surface area is 127 Å². The van der Waals surface area contributed by atoms with E-state index in [2.05, 4.69) is 45.0 Å². The first kappa shape index (κ1) is 15.6. The number of hydrogen-bond donors (Lipinski definition) is 1. The molecule has 1 atom stereocenters. The summed E-state index contributed by atoms with van der Waals surface area (Å²) in [6.07, 6.45) is 0.947. The quantitative estimate of drug-likeness (QED) is 0.826. The lowest BCUT2D eigenvalue weighted by Crippen LogP contribution is -2.08. The van der Waals surface area contributed by atoms with E-state index in [-0.39, 0.29) is 6.04 Å². The maximum Gasteiger partial charge on any atom is 0.119 e. The molecule has 112 valence electrons. The van der Waals surface area contributed by atoms with E-state index >= 15 is 0 Å². The first-order valence-electron chi connectivity index (χ1n) is 7.67. The van der Waals surface area contributed by atoms with Gasteiger partial charge in [0, 0.05) is 6.04 Å². The van der Waals surface area contributed by atoms with E-state index in [0.717, 1.165) is 17.7 Å². The van der Waals surface area contributed by atoms with Crippen molar-refractivity contribution in [2.75, 3.05) is 0 Å². The lowest BCUT2D eigenvalue weighted by atomic mass is 10.0. The van der Waals surface area contributed by atoms with Crippen LogP contribution >= 0.6 is 0 Å². The molecule has 2 aromatic carbocycles. The molecule has 0 spiro atoms. The summed E-state index contributed by atoms with van der Waals surface area (Å²) < 4.78 is 5.82. The van der Waals surface area contributed by atoms with Crippen LogP contribution in [0.5, 0.6) is 5.75 Å². The molecule has 2 N–H and O–H groups in total. The molecule has 0 bridgehead atoms. The van der Waals surface area contributed by atoms with Crippen LogP contribution in [0.3, 0.4) is 0 Å². The SMILES string of the molecule is CC[C@H](N)c1ccc(OCc2ccc(C(C)C)cc2)cc1. The Kier molecular flexibility index (Phi) is 5.40. The van der Waals surface area contributed by atoms with Crippen LogP contribution in [-0.2, 0) is 6.61 Å². The summed E-state index contributed by atoms with van der Waals surface area (Å²) in [6.45, 7) is 7.09. The molecule has 2 rings (SSSR count). The largest absolute Gasteiger partial charge is 0.489 e. The van der Waals surface area contributed by atoms with Crippen LogP contribution in [0, 0.1) is 0 Å². The smallest absolute Gasteiger partial charge is 0.119 e. The van der Waals surface area contributed by atoms with Crippen molar-refractivity contribution in [2.24, 2.45) is 5.73 Å². The number of hydrogen-bond acceptors (Lipinski definition) is 2. The van der Waals surface area contributed by atoms with E-state index in [1.165, 1.54) is 11.1 Å². The minimum Gasteiger partial charge on any atom is -0.489 e. The highest BCUT2D eigenvalue weighted by Crippen LogP contribution is 2.20. The predicted molar refractivity (Wildman–Crippen MR) is 88.5 cm³/mol. The van der Waals surface area contributed by atoms with Gasteiger partial charge in [-0.25, -0.2) is 0 Å². The van der Waals surface area contributed by atoms with Crippen LogP contribution in [0.15, 0.2) is 48.5 Å². The summed E-state index contributed by atoms with van der Waals surface area (Å²) in [5, 5.41) is 0. The van der Waals surface area contributed by atoms with Crippen LogP contribution in [0.25, 0.3) is 0 Å². The molecular formula is C19H25NO. The first-order chi connectivity index (χ1) is 10.1. The maximum atomic E-state index is 6.01. The molecule has 21 heavy (non-hydrogen) atoms. The van der Waals surface area contributed by atoms with Gasteiger partial charge >= 0.3 is 0 Å². The van der Waals surface area contributed by atoms with Gasteiger partial charge in [0.05, 0.1) is 0 Å². The lowest BCUT2D eigenvalue weighted by molar-refractivity contribution is 0.306. The molecular weight excluding hydrogens is 258 g/mol. The van der Waals surface area contributed by atoms with Gasteiger partial charge in [-0.1, -0.05) is 57.2 Å². The van der Waals surface area contributed by atoms with Crippen molar-refractivity contribution in [2.45, 2.75) is 45.8 Å². The molecule has 0 amide bonds. The molecule has 0 aliphatic carbocycles. The van der Waals surface area contributed by atoms with E-state index in [9.17, 15) is 0 Å². The lowest BCUT2D eigenvalue weighted by Gasteiger charge is -2.11. The zero-order valence-corrected chi connectivity index (χ0v) is 13.2. The van der Waals surface area contributed by atoms with E-state index < -0.39 is 0 Å². The minimum absolute atomic E-state index is 0.114. The molecule has 2 heteroatoms. The van der Waals surface area contributed by atoms with E-state index in [4.69, 9.17) is 10.5 Å². The van der Waals surface area contributed by atoms with E-state index in [0.29, 0.717) is 12.5 Å². The molecule has 0 radical (unpaired) electrons. The fraction of sp³-hybridized carbons (Fsp3) is 0.368. The fourth-order valence-corrected chi connectivity index (χ4v) is 2.21. The van der Waals surface area contributed by atoms with Crippen molar-refractivity contribution >= 4 is 0 Å². The highest BCUT2D eigenvalue weighted by atomic mass is 16.5. The van der Waals surface area contributed by atoms with Crippen LogP contribution in [-0.4, -0.2) is 0 Å². The molecule has 0 fully saturated rings. The van der Waals surface area contributed by atoms with Crippen molar-refractivity contribution in [3.8, 4) is 5.75 Å². The van der Waals surface area contributed by atoms with Gasteiger partial charge in [0.25, 0.3) is 0 Å². The van der Waals surface area contributed by atoms with Crippen LogP contribution in [0.2, 0.25) is 0 Å². The Morgan fingerprint density at radius 1 is 0.905 bits per heavy atom. The molecule has 0 aliphatic rings. The van der Waals surface area contributed by atoms with Gasteiger partial charge in [0.1, 0.15) is 12.4 Å². The van der Waals surface area contributed by atoms with Crippen molar-refractivity contribution in [1.82, 2.24) is 0 Å². The normalized spacial score (nSPS) is 12.4. The highest BCUT2D eigenvalue weighted by molar-refractivity contribution is 5.30. The monoisotopic (exact) mass is 283 g/mol. The fourth-order valence-electron chi connectivity index (χ4n) is 2.21. The number of ether oxygens (including phenoxy) is 1. The average Bonchev–Trinajstić information content (AvgIpc) is 2.53. The summed E-state index contributed by atoms with van der Waals surface area (Å²) in [7, 11) is 0. The van der Waals surface area contributed by atoms with E-state index in [1.807, 2.05) is 24.3 Å². The Morgan fingerprint density at radius 2 is 1.48 bits per heavy atom. The topological polar surface area (TPSA) is 35.2 Å². The van der Waals surface area contributed by atoms with E-state index in [1.54, 1.807) is 0 Å². The van der Waals surface area contributed by atoms with Gasteiger partial charge < -0.3 is 10.5 Å². The van der Waals surface area contributed by atoms with Crippen molar-refractivity contribution in [1.29, 1.82) is 0 Å². The number of rotatable bonds is 6. The second-order valence-corrected chi connectivity index (χ2v) is 5.77. The minimum atomic E-state index is 0.114. The van der Waals surface area contributed by atoms with Crippen LogP contribution < -0.4 is 10.5 Å². The molecule has 2 nitrogen and oxygen atoms in total. The average molecular weight is 283 g/mol. The van der Waals surface area contributed by atoms with Gasteiger partial charge in [0.15, 0.2) is 0 Å². The standard InChI is InChI=1S/C19H25NO/c1-4-19(20)17-9-11-18(12-10-17)21-13-15-5-7-16(8-6-15)14(2)3/h5-12,14,19H,4,13,20H2,1-3H3/t19-/m0/s1. The van der Waals surface area contributed by atoms with Gasteiger partial charge in [-0.3, -0.25) is 0 Å².